The normalized spacial score (nSPS) is 10.2. The van der Waals surface area contributed by atoms with Gasteiger partial charge in [0, 0.05) is 50.8 Å². The van der Waals surface area contributed by atoms with Gasteiger partial charge in [0.1, 0.15) is 0 Å². The summed E-state index contributed by atoms with van der Waals surface area (Å²) in [6, 6.07) is 7.26. The average molecular weight is 331 g/mol. The third-order valence-corrected chi connectivity index (χ3v) is 3.48. The van der Waals surface area contributed by atoms with Crippen LogP contribution in [-0.4, -0.2) is 46.1 Å². The molecule has 1 aromatic carbocycles. The molecule has 1 amide bonds. The van der Waals surface area contributed by atoms with Crippen molar-refractivity contribution in [1.29, 1.82) is 0 Å². The number of nitrogens with zero attached hydrogens (tertiary/aromatic N) is 3. The molecule has 0 aliphatic heterocycles. The number of imidazole rings is 1. The maximum absolute atomic E-state index is 11.8. The fourth-order valence-corrected chi connectivity index (χ4v) is 2.23. The highest BCUT2D eigenvalue weighted by molar-refractivity contribution is 7.80. The van der Waals surface area contributed by atoms with E-state index in [0.29, 0.717) is 10.7 Å². The Balaban J connectivity index is 1.73. The predicted octanol–water partition coefficient (Wildman–Crippen LogP) is 1.96. The van der Waals surface area contributed by atoms with E-state index in [2.05, 4.69) is 15.6 Å². The summed E-state index contributed by atoms with van der Waals surface area (Å²) in [5.41, 5.74) is 1.51. The molecule has 1 heterocycles. The van der Waals surface area contributed by atoms with Crippen molar-refractivity contribution in [3.05, 3.63) is 48.5 Å². The van der Waals surface area contributed by atoms with Crippen molar-refractivity contribution in [3.63, 3.8) is 0 Å². The molecule has 0 aliphatic carbocycles. The lowest BCUT2D eigenvalue weighted by Gasteiger charge is -2.12. The number of anilines is 1. The van der Waals surface area contributed by atoms with Crippen molar-refractivity contribution in [1.82, 2.24) is 19.8 Å². The van der Waals surface area contributed by atoms with Gasteiger partial charge in [-0.2, -0.15) is 0 Å². The van der Waals surface area contributed by atoms with Crippen LogP contribution in [0.4, 0.5) is 5.69 Å². The van der Waals surface area contributed by atoms with Gasteiger partial charge in [-0.25, -0.2) is 4.98 Å². The van der Waals surface area contributed by atoms with Crippen LogP contribution >= 0.6 is 12.2 Å². The first kappa shape index (κ1) is 17.0. The largest absolute Gasteiger partial charge is 0.362 e. The predicted molar refractivity (Wildman–Crippen MR) is 95.5 cm³/mol. The number of nitrogens with one attached hydrogen (secondary N) is 2. The number of carbonyl (C=O) groups excluding carboxylic acids is 1. The molecule has 2 aromatic rings. The summed E-state index contributed by atoms with van der Waals surface area (Å²) >= 11 is 5.26. The third kappa shape index (κ3) is 5.37. The number of amides is 1. The summed E-state index contributed by atoms with van der Waals surface area (Å²) in [6.45, 7) is 1.68. The van der Waals surface area contributed by atoms with Gasteiger partial charge in [0.2, 0.25) is 0 Å². The van der Waals surface area contributed by atoms with Crippen LogP contribution in [0.15, 0.2) is 43.0 Å². The monoisotopic (exact) mass is 331 g/mol. The van der Waals surface area contributed by atoms with Crippen molar-refractivity contribution in [2.24, 2.45) is 0 Å². The van der Waals surface area contributed by atoms with Gasteiger partial charge in [0.15, 0.2) is 5.11 Å². The summed E-state index contributed by atoms with van der Waals surface area (Å²) < 4.78 is 2.03. The van der Waals surface area contributed by atoms with Crippen molar-refractivity contribution in [2.75, 3.05) is 26.0 Å². The zero-order chi connectivity index (χ0) is 16.7. The smallest absolute Gasteiger partial charge is 0.253 e. The minimum atomic E-state index is -0.0169. The van der Waals surface area contributed by atoms with Gasteiger partial charge in [-0.15, -0.1) is 0 Å². The van der Waals surface area contributed by atoms with Crippen LogP contribution in [0.5, 0.6) is 0 Å². The minimum Gasteiger partial charge on any atom is -0.362 e. The molecule has 6 nitrogen and oxygen atoms in total. The van der Waals surface area contributed by atoms with E-state index in [0.717, 1.165) is 25.2 Å². The maximum atomic E-state index is 11.8. The van der Waals surface area contributed by atoms with Crippen LogP contribution in [0.3, 0.4) is 0 Å². The van der Waals surface area contributed by atoms with Crippen molar-refractivity contribution in [3.8, 4) is 0 Å². The van der Waals surface area contributed by atoms with E-state index in [-0.39, 0.29) is 5.91 Å². The summed E-state index contributed by atoms with van der Waals surface area (Å²) in [7, 11) is 3.47. The van der Waals surface area contributed by atoms with Crippen LogP contribution in [0.1, 0.15) is 16.8 Å². The molecular weight excluding hydrogens is 310 g/mol. The second-order valence-corrected chi connectivity index (χ2v) is 5.72. The van der Waals surface area contributed by atoms with Crippen LogP contribution < -0.4 is 10.6 Å². The van der Waals surface area contributed by atoms with Crippen molar-refractivity contribution in [2.45, 2.75) is 13.0 Å². The molecule has 1 aromatic heterocycles. The van der Waals surface area contributed by atoms with Crippen LogP contribution in [0, 0.1) is 0 Å². The van der Waals surface area contributed by atoms with E-state index in [4.69, 9.17) is 12.2 Å². The molecule has 0 spiro atoms. The molecule has 0 unspecified atom stereocenters. The minimum absolute atomic E-state index is 0.0169. The summed E-state index contributed by atoms with van der Waals surface area (Å²) in [6.07, 6.45) is 6.46. The molecular formula is C16H21N5OS. The molecule has 2 rings (SSSR count). The van der Waals surface area contributed by atoms with Gasteiger partial charge in [0.05, 0.1) is 6.33 Å². The highest BCUT2D eigenvalue weighted by Crippen LogP contribution is 2.10. The quantitative estimate of drug-likeness (QED) is 0.626. The Labute approximate surface area is 141 Å². The number of thiocarbonyl (C=S) groups is 1. The first-order valence-electron chi connectivity index (χ1n) is 7.38. The lowest BCUT2D eigenvalue weighted by atomic mass is 10.2. The SMILES string of the molecule is CN(C)C(=O)c1ccc(NC(=S)NCCCn2ccnc2)cc1. The number of rotatable bonds is 6. The fourth-order valence-electron chi connectivity index (χ4n) is 2.01. The Morgan fingerprint density at radius 1 is 1.30 bits per heavy atom. The number of aromatic nitrogens is 2. The van der Waals surface area contributed by atoms with Crippen LogP contribution in [0.25, 0.3) is 0 Å². The zero-order valence-corrected chi connectivity index (χ0v) is 14.1. The molecule has 0 fully saturated rings. The van der Waals surface area contributed by atoms with Gasteiger partial charge < -0.3 is 20.1 Å². The first-order chi connectivity index (χ1) is 11.1. The molecule has 0 bridgehead atoms. The zero-order valence-electron chi connectivity index (χ0n) is 13.3. The standard InChI is InChI=1S/C16H21N5OS/c1-20(2)15(22)13-4-6-14(7-5-13)19-16(23)18-8-3-10-21-11-9-17-12-21/h4-7,9,11-12H,3,8,10H2,1-2H3,(H2,18,19,23). The molecule has 0 radical (unpaired) electrons. The molecule has 0 saturated heterocycles. The molecule has 23 heavy (non-hydrogen) atoms. The molecule has 0 atom stereocenters. The highest BCUT2D eigenvalue weighted by atomic mass is 32.1. The number of carbonyl (C=O) groups is 1. The number of benzene rings is 1. The van der Waals surface area contributed by atoms with Gasteiger partial charge in [0.25, 0.3) is 5.91 Å². The van der Waals surface area contributed by atoms with E-state index < -0.39 is 0 Å². The lowest BCUT2D eigenvalue weighted by Crippen LogP contribution is -2.29. The Morgan fingerprint density at radius 3 is 2.65 bits per heavy atom. The Morgan fingerprint density at radius 2 is 2.04 bits per heavy atom. The number of hydrogen-bond acceptors (Lipinski definition) is 3. The van der Waals surface area contributed by atoms with E-state index in [1.165, 1.54) is 0 Å². The van der Waals surface area contributed by atoms with Gasteiger partial charge >= 0.3 is 0 Å². The van der Waals surface area contributed by atoms with Crippen LogP contribution in [0.2, 0.25) is 0 Å². The Kier molecular flexibility index (Phi) is 6.10. The van der Waals surface area contributed by atoms with E-state index in [1.54, 1.807) is 43.7 Å². The molecule has 0 aliphatic rings. The van der Waals surface area contributed by atoms with Crippen molar-refractivity contribution >= 4 is 28.9 Å². The number of aryl methyl sites for hydroxylation is 1. The molecule has 122 valence electrons. The highest BCUT2D eigenvalue weighted by Gasteiger charge is 2.07. The Hall–Kier alpha value is -2.41. The summed E-state index contributed by atoms with van der Waals surface area (Å²) in [5, 5.41) is 6.84. The number of hydrogen-bond donors (Lipinski definition) is 2. The van der Waals surface area contributed by atoms with Crippen LogP contribution in [-0.2, 0) is 6.54 Å². The van der Waals surface area contributed by atoms with Gasteiger partial charge in [-0.3, -0.25) is 4.79 Å². The van der Waals surface area contributed by atoms with Gasteiger partial charge in [-0.05, 0) is 42.9 Å². The lowest BCUT2D eigenvalue weighted by molar-refractivity contribution is 0.0827. The molecule has 7 heteroatoms. The van der Waals surface area contributed by atoms with Gasteiger partial charge in [-0.1, -0.05) is 0 Å². The summed E-state index contributed by atoms with van der Waals surface area (Å²) in [4.78, 5) is 17.4. The van der Waals surface area contributed by atoms with Crippen molar-refractivity contribution < 1.29 is 4.79 Å². The van der Waals surface area contributed by atoms with E-state index in [9.17, 15) is 4.79 Å². The topological polar surface area (TPSA) is 62.2 Å². The van der Waals surface area contributed by atoms with E-state index >= 15 is 0 Å². The second-order valence-electron chi connectivity index (χ2n) is 5.31. The summed E-state index contributed by atoms with van der Waals surface area (Å²) in [5.74, 6) is -0.0169. The maximum Gasteiger partial charge on any atom is 0.253 e. The van der Waals surface area contributed by atoms with E-state index in [1.807, 2.05) is 22.9 Å². The first-order valence-corrected chi connectivity index (χ1v) is 7.79. The molecule has 2 N–H and O–H groups in total. The second kappa shape index (κ2) is 8.28. The molecule has 0 saturated carbocycles. The third-order valence-electron chi connectivity index (χ3n) is 3.23. The Bertz CT molecular complexity index is 637. The fraction of sp³-hybridized carbons (Fsp3) is 0.312. The average Bonchev–Trinajstić information content (AvgIpc) is 3.05.